The van der Waals surface area contributed by atoms with E-state index >= 15 is 0 Å². The summed E-state index contributed by atoms with van der Waals surface area (Å²) in [5, 5.41) is 5.55. The van der Waals surface area contributed by atoms with Gasteiger partial charge in [-0.15, -0.1) is 0 Å². The highest BCUT2D eigenvalue weighted by atomic mass is 32.2. The molecular formula is C22H27N3O4S. The van der Waals surface area contributed by atoms with Crippen LogP contribution in [0.15, 0.2) is 47.4 Å². The highest BCUT2D eigenvalue weighted by Crippen LogP contribution is 2.27. The molecule has 2 N–H and O–H groups in total. The Balaban J connectivity index is 1.59. The Morgan fingerprint density at radius 3 is 2.03 bits per heavy atom. The zero-order valence-corrected chi connectivity index (χ0v) is 18.3. The first-order valence-electron chi connectivity index (χ1n) is 9.93. The van der Waals surface area contributed by atoms with Gasteiger partial charge in [-0.3, -0.25) is 9.59 Å². The zero-order valence-electron chi connectivity index (χ0n) is 17.4. The number of carbonyl (C=O) groups excluding carboxylic acids is 2. The number of nitrogens with zero attached hydrogens (tertiary/aromatic N) is 1. The summed E-state index contributed by atoms with van der Waals surface area (Å²) in [6.07, 6.45) is 0.944. The molecule has 0 bridgehead atoms. The third-order valence-electron chi connectivity index (χ3n) is 5.25. The number of hydrogen-bond acceptors (Lipinski definition) is 4. The summed E-state index contributed by atoms with van der Waals surface area (Å²) >= 11 is 0. The number of carbonyl (C=O) groups is 2. The highest BCUT2D eigenvalue weighted by Gasteiger charge is 2.32. The van der Waals surface area contributed by atoms with Gasteiger partial charge in [0.15, 0.2) is 0 Å². The maximum absolute atomic E-state index is 13.0. The van der Waals surface area contributed by atoms with Crippen molar-refractivity contribution in [3.63, 3.8) is 0 Å². The van der Waals surface area contributed by atoms with Crippen LogP contribution >= 0.6 is 0 Å². The van der Waals surface area contributed by atoms with Crippen molar-refractivity contribution >= 4 is 33.2 Å². The summed E-state index contributed by atoms with van der Waals surface area (Å²) in [4.78, 5) is 24.0. The summed E-state index contributed by atoms with van der Waals surface area (Å²) in [6, 6.07) is 12.2. The third-order valence-corrected chi connectivity index (χ3v) is 7.30. The molecule has 3 rings (SSSR count). The molecule has 0 atom stereocenters. The lowest BCUT2D eigenvalue weighted by atomic mass is 9.97. The molecule has 0 radical (unpaired) electrons. The Morgan fingerprint density at radius 1 is 0.933 bits per heavy atom. The molecule has 160 valence electrons. The topological polar surface area (TPSA) is 95.6 Å². The largest absolute Gasteiger partial charge is 0.326 e. The SMILES string of the molecule is CC(=O)Nc1ccc(NC(=O)C2CCN(S(=O)(=O)c3ccc(C)cc3C)CC2)cc1. The van der Waals surface area contributed by atoms with Gasteiger partial charge in [0.1, 0.15) is 0 Å². The van der Waals surface area contributed by atoms with E-state index in [1.165, 1.54) is 11.2 Å². The number of hydrogen-bond donors (Lipinski definition) is 2. The Bertz CT molecular complexity index is 1040. The number of rotatable bonds is 5. The molecule has 2 aromatic carbocycles. The van der Waals surface area contributed by atoms with Crippen LogP contribution in [0.25, 0.3) is 0 Å². The summed E-state index contributed by atoms with van der Waals surface area (Å²) in [5.41, 5.74) is 3.05. The van der Waals surface area contributed by atoms with Crippen LogP contribution < -0.4 is 10.6 Å². The van der Waals surface area contributed by atoms with Crippen molar-refractivity contribution in [3.05, 3.63) is 53.6 Å². The minimum absolute atomic E-state index is 0.120. The number of anilines is 2. The van der Waals surface area contributed by atoms with E-state index in [1.807, 2.05) is 13.0 Å². The van der Waals surface area contributed by atoms with Crippen molar-refractivity contribution in [2.45, 2.75) is 38.5 Å². The van der Waals surface area contributed by atoms with Gasteiger partial charge < -0.3 is 10.6 Å². The molecule has 1 fully saturated rings. The molecular weight excluding hydrogens is 402 g/mol. The first-order chi connectivity index (χ1) is 14.2. The van der Waals surface area contributed by atoms with E-state index in [2.05, 4.69) is 10.6 Å². The molecule has 1 aliphatic rings. The van der Waals surface area contributed by atoms with E-state index in [0.29, 0.717) is 42.2 Å². The number of sulfonamides is 1. The Hall–Kier alpha value is -2.71. The van der Waals surface area contributed by atoms with Gasteiger partial charge in [-0.2, -0.15) is 4.31 Å². The van der Waals surface area contributed by atoms with Crippen molar-refractivity contribution in [2.24, 2.45) is 5.92 Å². The molecule has 2 aromatic rings. The van der Waals surface area contributed by atoms with Crippen LogP contribution in [-0.2, 0) is 19.6 Å². The zero-order chi connectivity index (χ0) is 21.9. The Labute approximate surface area is 177 Å². The number of nitrogens with one attached hydrogen (secondary N) is 2. The number of benzene rings is 2. The lowest BCUT2D eigenvalue weighted by Gasteiger charge is -2.31. The van der Waals surface area contributed by atoms with Gasteiger partial charge in [-0.25, -0.2) is 8.42 Å². The smallest absolute Gasteiger partial charge is 0.243 e. The fraction of sp³-hybridized carbons (Fsp3) is 0.364. The van der Waals surface area contributed by atoms with Crippen LogP contribution in [0, 0.1) is 19.8 Å². The third kappa shape index (κ3) is 5.06. The minimum atomic E-state index is -3.57. The molecule has 0 spiro atoms. The van der Waals surface area contributed by atoms with Gasteiger partial charge in [-0.1, -0.05) is 17.7 Å². The monoisotopic (exact) mass is 429 g/mol. The standard InChI is InChI=1S/C22H27N3O4S/c1-15-4-9-21(16(2)14-15)30(28,29)25-12-10-18(11-13-25)22(27)24-20-7-5-19(6-8-20)23-17(3)26/h4-9,14,18H,10-13H2,1-3H3,(H,23,26)(H,24,27). The number of amides is 2. The van der Waals surface area contributed by atoms with Gasteiger partial charge in [0.25, 0.3) is 0 Å². The Morgan fingerprint density at radius 2 is 1.50 bits per heavy atom. The summed E-state index contributed by atoms with van der Waals surface area (Å²) in [5.74, 6) is -0.522. The Kier molecular flexibility index (Phi) is 6.58. The quantitative estimate of drug-likeness (QED) is 0.762. The molecule has 1 saturated heterocycles. The van der Waals surface area contributed by atoms with Gasteiger partial charge >= 0.3 is 0 Å². The van der Waals surface area contributed by atoms with E-state index in [-0.39, 0.29) is 17.7 Å². The van der Waals surface area contributed by atoms with Crippen molar-refractivity contribution in [1.29, 1.82) is 0 Å². The van der Waals surface area contributed by atoms with Crippen LogP contribution in [0.2, 0.25) is 0 Å². The summed E-state index contributed by atoms with van der Waals surface area (Å²) in [7, 11) is -3.57. The maximum atomic E-state index is 13.0. The molecule has 8 heteroatoms. The molecule has 7 nitrogen and oxygen atoms in total. The first-order valence-corrected chi connectivity index (χ1v) is 11.4. The van der Waals surface area contributed by atoms with Crippen molar-refractivity contribution in [3.8, 4) is 0 Å². The molecule has 1 heterocycles. The second-order valence-electron chi connectivity index (χ2n) is 7.70. The minimum Gasteiger partial charge on any atom is -0.326 e. The first kappa shape index (κ1) is 22.0. The second-order valence-corrected chi connectivity index (χ2v) is 9.60. The fourth-order valence-electron chi connectivity index (χ4n) is 3.67. The van der Waals surface area contributed by atoms with Crippen LogP contribution in [0.5, 0.6) is 0 Å². The highest BCUT2D eigenvalue weighted by molar-refractivity contribution is 7.89. The molecule has 0 saturated carbocycles. The number of piperidine rings is 1. The average molecular weight is 430 g/mol. The predicted molar refractivity (Wildman–Crippen MR) is 117 cm³/mol. The molecule has 1 aliphatic heterocycles. The molecule has 0 aliphatic carbocycles. The van der Waals surface area contributed by atoms with Crippen LogP contribution in [0.1, 0.15) is 30.9 Å². The fourth-order valence-corrected chi connectivity index (χ4v) is 5.35. The van der Waals surface area contributed by atoms with Crippen LogP contribution in [0.4, 0.5) is 11.4 Å². The maximum Gasteiger partial charge on any atom is 0.243 e. The van der Waals surface area contributed by atoms with E-state index in [0.717, 1.165) is 11.1 Å². The summed E-state index contributed by atoms with van der Waals surface area (Å²) < 4.78 is 27.5. The second kappa shape index (κ2) is 8.97. The van der Waals surface area contributed by atoms with Gasteiger partial charge in [0, 0.05) is 37.3 Å². The molecule has 2 amide bonds. The van der Waals surface area contributed by atoms with Gasteiger partial charge in [0.05, 0.1) is 4.90 Å². The van der Waals surface area contributed by atoms with Gasteiger partial charge in [0.2, 0.25) is 21.8 Å². The van der Waals surface area contributed by atoms with Crippen molar-refractivity contribution < 1.29 is 18.0 Å². The van der Waals surface area contributed by atoms with Crippen LogP contribution in [-0.4, -0.2) is 37.6 Å². The van der Waals surface area contributed by atoms with Crippen molar-refractivity contribution in [1.82, 2.24) is 4.31 Å². The molecule has 30 heavy (non-hydrogen) atoms. The summed E-state index contributed by atoms with van der Waals surface area (Å²) in [6.45, 7) is 5.80. The normalized spacial score (nSPS) is 15.6. The molecule has 0 aromatic heterocycles. The van der Waals surface area contributed by atoms with E-state index in [4.69, 9.17) is 0 Å². The van der Waals surface area contributed by atoms with E-state index < -0.39 is 10.0 Å². The predicted octanol–water partition coefficient (Wildman–Crippen LogP) is 3.30. The van der Waals surface area contributed by atoms with E-state index in [1.54, 1.807) is 43.3 Å². The van der Waals surface area contributed by atoms with E-state index in [9.17, 15) is 18.0 Å². The van der Waals surface area contributed by atoms with Crippen molar-refractivity contribution in [2.75, 3.05) is 23.7 Å². The molecule has 0 unspecified atom stereocenters. The lowest BCUT2D eigenvalue weighted by Crippen LogP contribution is -2.41. The van der Waals surface area contributed by atoms with Gasteiger partial charge in [-0.05, 0) is 62.6 Å². The number of aryl methyl sites for hydroxylation is 2. The average Bonchev–Trinajstić information content (AvgIpc) is 2.69. The lowest BCUT2D eigenvalue weighted by molar-refractivity contribution is -0.121. The van der Waals surface area contributed by atoms with Crippen LogP contribution in [0.3, 0.4) is 0 Å².